The van der Waals surface area contributed by atoms with Crippen molar-refractivity contribution in [2.24, 2.45) is 5.92 Å². The molecule has 1 rings (SSSR count). The summed E-state index contributed by atoms with van der Waals surface area (Å²) in [5.74, 6) is -3.00. The predicted molar refractivity (Wildman–Crippen MR) is 58.4 cm³/mol. The number of nitrogens with zero attached hydrogens (tertiary/aromatic N) is 1. The summed E-state index contributed by atoms with van der Waals surface area (Å²) < 4.78 is 31.2. The summed E-state index contributed by atoms with van der Waals surface area (Å²) in [4.78, 5) is 1.77. The summed E-state index contributed by atoms with van der Waals surface area (Å²) in [5.41, 5.74) is 0. The minimum absolute atomic E-state index is 0.114. The molecule has 4 heteroatoms. The molecule has 1 aliphatic rings. The van der Waals surface area contributed by atoms with Crippen molar-refractivity contribution < 1.29 is 13.5 Å². The topological polar surface area (TPSA) is 12.5 Å². The Bertz CT molecular complexity index is 163. The second-order valence-electron chi connectivity index (χ2n) is 3.72. The summed E-state index contributed by atoms with van der Waals surface area (Å²) in [7, 11) is 1.59. The zero-order valence-electron chi connectivity index (χ0n) is 10.2. The van der Waals surface area contributed by atoms with Crippen molar-refractivity contribution in [3.63, 3.8) is 0 Å². The Morgan fingerprint density at radius 1 is 1.40 bits per heavy atom. The fourth-order valence-electron chi connectivity index (χ4n) is 1.53. The molecule has 1 aliphatic heterocycles. The largest absolute Gasteiger partial charge is 0.383 e. The van der Waals surface area contributed by atoms with Crippen molar-refractivity contribution in [2.75, 3.05) is 33.4 Å². The van der Waals surface area contributed by atoms with Gasteiger partial charge in [-0.15, -0.1) is 0 Å². The minimum Gasteiger partial charge on any atom is -0.383 e. The SMILES string of the molecule is CC.COCCN1CCC(C)C(F)(F)C1. The number of halogens is 2. The Hall–Kier alpha value is -0.220. The highest BCUT2D eigenvalue weighted by atomic mass is 19.3. The first kappa shape index (κ1) is 14.8. The van der Waals surface area contributed by atoms with Crippen LogP contribution in [0.2, 0.25) is 0 Å². The molecule has 1 fully saturated rings. The van der Waals surface area contributed by atoms with Gasteiger partial charge in [0.2, 0.25) is 0 Å². The van der Waals surface area contributed by atoms with Gasteiger partial charge in [-0.3, -0.25) is 4.90 Å². The molecule has 0 aromatic rings. The number of likely N-dealkylation sites (tertiary alicyclic amines) is 1. The molecule has 0 aromatic carbocycles. The zero-order chi connectivity index (χ0) is 11.9. The summed E-state index contributed by atoms with van der Waals surface area (Å²) in [6, 6.07) is 0. The number of alkyl halides is 2. The van der Waals surface area contributed by atoms with E-state index in [4.69, 9.17) is 4.74 Å². The molecule has 0 saturated carbocycles. The molecule has 0 aromatic heterocycles. The number of hydrogen-bond acceptors (Lipinski definition) is 2. The highest BCUT2D eigenvalue weighted by Crippen LogP contribution is 2.31. The zero-order valence-corrected chi connectivity index (χ0v) is 10.2. The number of methoxy groups -OCH3 is 1. The van der Waals surface area contributed by atoms with E-state index in [0.717, 1.165) is 6.54 Å². The lowest BCUT2D eigenvalue weighted by molar-refractivity contribution is -0.106. The van der Waals surface area contributed by atoms with Crippen molar-refractivity contribution in [3.05, 3.63) is 0 Å². The molecule has 0 N–H and O–H groups in total. The van der Waals surface area contributed by atoms with Gasteiger partial charge in [0.15, 0.2) is 0 Å². The summed E-state index contributed by atoms with van der Waals surface area (Å²) in [5, 5.41) is 0. The van der Waals surface area contributed by atoms with Gasteiger partial charge in [0.1, 0.15) is 0 Å². The molecular weight excluding hydrogens is 200 g/mol. The molecule has 1 heterocycles. The molecule has 15 heavy (non-hydrogen) atoms. The maximum absolute atomic E-state index is 13.2. The van der Waals surface area contributed by atoms with Crippen LogP contribution in [0, 0.1) is 5.92 Å². The van der Waals surface area contributed by atoms with Crippen LogP contribution in [-0.4, -0.2) is 44.2 Å². The van der Waals surface area contributed by atoms with E-state index in [1.807, 2.05) is 13.8 Å². The third-order valence-corrected chi connectivity index (χ3v) is 2.65. The predicted octanol–water partition coefficient (Wildman–Crippen LogP) is 2.64. The molecule has 1 unspecified atom stereocenters. The lowest BCUT2D eigenvalue weighted by Gasteiger charge is -2.36. The van der Waals surface area contributed by atoms with Gasteiger partial charge in [0, 0.05) is 19.6 Å². The average Bonchev–Trinajstić information content (AvgIpc) is 2.23. The lowest BCUT2D eigenvalue weighted by Crippen LogP contribution is -2.48. The van der Waals surface area contributed by atoms with E-state index >= 15 is 0 Å². The Labute approximate surface area is 91.6 Å². The van der Waals surface area contributed by atoms with Gasteiger partial charge in [0.25, 0.3) is 5.92 Å². The van der Waals surface area contributed by atoms with Crippen LogP contribution in [0.4, 0.5) is 8.78 Å². The van der Waals surface area contributed by atoms with Crippen LogP contribution in [-0.2, 0) is 4.74 Å². The van der Waals surface area contributed by atoms with Crippen molar-refractivity contribution in [2.45, 2.75) is 33.1 Å². The molecule has 0 bridgehead atoms. The van der Waals surface area contributed by atoms with E-state index in [0.29, 0.717) is 19.6 Å². The fourth-order valence-corrected chi connectivity index (χ4v) is 1.53. The van der Waals surface area contributed by atoms with Gasteiger partial charge in [-0.2, -0.15) is 0 Å². The molecule has 0 aliphatic carbocycles. The van der Waals surface area contributed by atoms with Crippen LogP contribution in [0.25, 0.3) is 0 Å². The first-order chi connectivity index (χ1) is 7.06. The monoisotopic (exact) mass is 223 g/mol. The standard InChI is InChI=1S/C9H17F2NO.C2H6/c1-8-3-4-12(5-6-13-2)7-9(8,10)11;1-2/h8H,3-7H2,1-2H3;1-2H3. The van der Waals surface area contributed by atoms with Gasteiger partial charge in [-0.05, 0) is 13.0 Å². The van der Waals surface area contributed by atoms with Crippen molar-refractivity contribution in [1.82, 2.24) is 4.90 Å². The van der Waals surface area contributed by atoms with Crippen LogP contribution in [0.1, 0.15) is 27.2 Å². The van der Waals surface area contributed by atoms with Gasteiger partial charge < -0.3 is 4.74 Å². The normalized spacial score (nSPS) is 25.6. The molecule has 1 atom stereocenters. The van der Waals surface area contributed by atoms with E-state index in [-0.39, 0.29) is 6.54 Å². The van der Waals surface area contributed by atoms with Gasteiger partial charge in [-0.25, -0.2) is 8.78 Å². The number of ether oxygens (including phenoxy) is 1. The highest BCUT2D eigenvalue weighted by molar-refractivity contribution is 4.83. The average molecular weight is 223 g/mol. The molecule has 1 saturated heterocycles. The maximum atomic E-state index is 13.2. The Balaban J connectivity index is 0.000000921. The van der Waals surface area contributed by atoms with E-state index < -0.39 is 11.8 Å². The number of piperidine rings is 1. The van der Waals surface area contributed by atoms with Gasteiger partial charge >= 0.3 is 0 Å². The highest BCUT2D eigenvalue weighted by Gasteiger charge is 2.41. The smallest absolute Gasteiger partial charge is 0.263 e. The fraction of sp³-hybridized carbons (Fsp3) is 1.00. The first-order valence-electron chi connectivity index (χ1n) is 5.65. The molecular formula is C11H23F2NO. The molecule has 0 radical (unpaired) electrons. The summed E-state index contributed by atoms with van der Waals surface area (Å²) in [6.45, 7) is 7.41. The summed E-state index contributed by atoms with van der Waals surface area (Å²) >= 11 is 0. The van der Waals surface area contributed by atoms with Crippen LogP contribution in [0.15, 0.2) is 0 Å². The van der Waals surface area contributed by atoms with E-state index in [1.165, 1.54) is 0 Å². The Kier molecular flexibility index (Phi) is 7.02. The van der Waals surface area contributed by atoms with Gasteiger partial charge in [0.05, 0.1) is 13.2 Å². The second-order valence-corrected chi connectivity index (χ2v) is 3.72. The van der Waals surface area contributed by atoms with Crippen LogP contribution >= 0.6 is 0 Å². The Morgan fingerprint density at radius 2 is 2.00 bits per heavy atom. The first-order valence-corrected chi connectivity index (χ1v) is 5.65. The van der Waals surface area contributed by atoms with E-state index in [2.05, 4.69) is 0 Å². The quantitative estimate of drug-likeness (QED) is 0.729. The summed E-state index contributed by atoms with van der Waals surface area (Å²) in [6.07, 6.45) is 0.580. The molecule has 0 amide bonds. The Morgan fingerprint density at radius 3 is 2.47 bits per heavy atom. The van der Waals surface area contributed by atoms with E-state index in [1.54, 1.807) is 18.9 Å². The molecule has 2 nitrogen and oxygen atoms in total. The van der Waals surface area contributed by atoms with Gasteiger partial charge in [-0.1, -0.05) is 20.8 Å². The molecule has 92 valence electrons. The van der Waals surface area contributed by atoms with Crippen LogP contribution in [0.3, 0.4) is 0 Å². The third kappa shape index (κ3) is 4.89. The van der Waals surface area contributed by atoms with Crippen LogP contribution < -0.4 is 0 Å². The minimum atomic E-state index is -2.52. The van der Waals surface area contributed by atoms with Crippen molar-refractivity contribution in [3.8, 4) is 0 Å². The maximum Gasteiger partial charge on any atom is 0.263 e. The van der Waals surface area contributed by atoms with E-state index in [9.17, 15) is 8.78 Å². The van der Waals surface area contributed by atoms with Crippen molar-refractivity contribution >= 4 is 0 Å². The molecule has 0 spiro atoms. The van der Waals surface area contributed by atoms with Crippen LogP contribution in [0.5, 0.6) is 0 Å². The number of hydrogen-bond donors (Lipinski definition) is 0. The number of rotatable bonds is 3. The third-order valence-electron chi connectivity index (χ3n) is 2.65. The second kappa shape index (κ2) is 7.12. The van der Waals surface area contributed by atoms with Crippen molar-refractivity contribution in [1.29, 1.82) is 0 Å². The lowest BCUT2D eigenvalue weighted by atomic mass is 9.95.